The minimum atomic E-state index is -2.21. The molecular weight excluding hydrogens is 372 g/mol. The molecule has 0 radical (unpaired) electrons. The highest BCUT2D eigenvalue weighted by Crippen LogP contribution is 2.35. The fraction of sp³-hybridized carbons (Fsp3) is 0.810. The molecule has 8 nitrogen and oxygen atoms in total. The molecule has 160 valence electrons. The molecule has 0 aromatic carbocycles. The van der Waals surface area contributed by atoms with Crippen LogP contribution in [0.4, 0.5) is 0 Å². The van der Waals surface area contributed by atoms with Crippen molar-refractivity contribution >= 4 is 23.1 Å². The third kappa shape index (κ3) is 3.60. The summed E-state index contributed by atoms with van der Waals surface area (Å²) in [6.07, 6.45) is 5.43. The number of hydrogen-bond acceptors (Lipinski definition) is 8. The number of ketones is 4. The number of rotatable bonds is 8. The summed E-state index contributed by atoms with van der Waals surface area (Å²) < 4.78 is 0. The van der Waals surface area contributed by atoms with E-state index in [4.69, 9.17) is 0 Å². The van der Waals surface area contributed by atoms with Crippen LogP contribution in [0, 0.1) is 5.41 Å². The standard InChI is InChI=1S/C21H32N4O4/c26-17(13-5-1-9-22-13)21(18(27)14-6-2-10-23-14,19(28)15-7-3-11-24-15)20(29)16-8-4-12-25-16/h13-16,22-25H,1-12H2/t13-,14-,15-,16-/m0/s1. The van der Waals surface area contributed by atoms with Gasteiger partial charge >= 0.3 is 0 Å². The van der Waals surface area contributed by atoms with E-state index in [-0.39, 0.29) is 0 Å². The predicted octanol–water partition coefficient (Wildman–Crippen LogP) is -0.743. The Morgan fingerprint density at radius 3 is 0.897 bits per heavy atom. The second-order valence-corrected chi connectivity index (χ2v) is 8.80. The maximum Gasteiger partial charge on any atom is 0.209 e. The van der Waals surface area contributed by atoms with Gasteiger partial charge in [0.1, 0.15) is 0 Å². The molecule has 0 aromatic rings. The van der Waals surface area contributed by atoms with Gasteiger partial charge in [0.05, 0.1) is 24.2 Å². The minimum Gasteiger partial charge on any atom is -0.307 e. The van der Waals surface area contributed by atoms with Crippen molar-refractivity contribution in [3.05, 3.63) is 0 Å². The highest BCUT2D eigenvalue weighted by atomic mass is 16.2. The Hall–Kier alpha value is -1.48. The van der Waals surface area contributed by atoms with Gasteiger partial charge in [-0.05, 0) is 77.5 Å². The number of hydrogen-bond donors (Lipinski definition) is 4. The van der Waals surface area contributed by atoms with E-state index in [9.17, 15) is 19.2 Å². The summed E-state index contributed by atoms with van der Waals surface area (Å²) in [4.78, 5) is 55.4. The van der Waals surface area contributed by atoms with Gasteiger partial charge in [-0.3, -0.25) is 19.2 Å². The minimum absolute atomic E-state index is 0.522. The zero-order chi connectivity index (χ0) is 20.4. The average Bonchev–Trinajstić information content (AvgIpc) is 3.55. The van der Waals surface area contributed by atoms with Crippen molar-refractivity contribution in [2.45, 2.75) is 75.5 Å². The first kappa shape index (κ1) is 20.8. The molecule has 4 aliphatic heterocycles. The Morgan fingerprint density at radius 1 is 0.483 bits per heavy atom. The Bertz CT molecular complexity index is 553. The van der Waals surface area contributed by atoms with E-state index >= 15 is 0 Å². The van der Waals surface area contributed by atoms with Crippen molar-refractivity contribution in [1.29, 1.82) is 0 Å². The van der Waals surface area contributed by atoms with Crippen LogP contribution in [-0.4, -0.2) is 73.5 Å². The van der Waals surface area contributed by atoms with Gasteiger partial charge in [0.2, 0.25) is 5.41 Å². The van der Waals surface area contributed by atoms with Crippen LogP contribution in [0.3, 0.4) is 0 Å². The number of carbonyl (C=O) groups excluding carboxylic acids is 4. The van der Waals surface area contributed by atoms with E-state index in [2.05, 4.69) is 21.3 Å². The summed E-state index contributed by atoms with van der Waals surface area (Å²) in [6.45, 7) is 2.64. The van der Waals surface area contributed by atoms with E-state index < -0.39 is 52.7 Å². The highest BCUT2D eigenvalue weighted by molar-refractivity contribution is 6.42. The summed E-state index contributed by atoms with van der Waals surface area (Å²) in [6, 6.07) is -2.46. The highest BCUT2D eigenvalue weighted by Gasteiger charge is 2.63. The van der Waals surface area contributed by atoms with Gasteiger partial charge in [0.15, 0.2) is 23.1 Å². The number of Topliss-reactive ketones (excluding diaryl/α,β-unsaturated/α-hetero) is 4. The van der Waals surface area contributed by atoms with E-state index in [1.165, 1.54) is 0 Å². The molecular formula is C21H32N4O4. The Kier molecular flexibility index (Phi) is 6.24. The van der Waals surface area contributed by atoms with Crippen molar-refractivity contribution < 1.29 is 19.2 Å². The molecule has 0 amide bonds. The van der Waals surface area contributed by atoms with E-state index in [0.717, 1.165) is 25.7 Å². The average molecular weight is 405 g/mol. The molecule has 4 heterocycles. The number of nitrogens with one attached hydrogen (secondary N) is 4. The fourth-order valence-electron chi connectivity index (χ4n) is 5.41. The van der Waals surface area contributed by atoms with Crippen molar-refractivity contribution in [2.24, 2.45) is 5.41 Å². The first-order valence-corrected chi connectivity index (χ1v) is 11.2. The van der Waals surface area contributed by atoms with Crippen LogP contribution in [0.2, 0.25) is 0 Å². The molecule has 0 saturated carbocycles. The zero-order valence-electron chi connectivity index (χ0n) is 16.9. The lowest BCUT2D eigenvalue weighted by Gasteiger charge is -2.36. The lowest BCUT2D eigenvalue weighted by atomic mass is 9.64. The van der Waals surface area contributed by atoms with E-state index in [0.29, 0.717) is 51.9 Å². The Morgan fingerprint density at radius 2 is 0.724 bits per heavy atom. The van der Waals surface area contributed by atoms with Gasteiger partial charge in [-0.2, -0.15) is 0 Å². The largest absolute Gasteiger partial charge is 0.307 e. The molecule has 4 saturated heterocycles. The molecule has 4 N–H and O–H groups in total. The Balaban J connectivity index is 1.79. The van der Waals surface area contributed by atoms with Gasteiger partial charge in [-0.25, -0.2) is 0 Å². The fourth-order valence-corrected chi connectivity index (χ4v) is 5.41. The van der Waals surface area contributed by atoms with Crippen LogP contribution >= 0.6 is 0 Å². The third-order valence-electron chi connectivity index (χ3n) is 6.99. The van der Waals surface area contributed by atoms with E-state index in [1.54, 1.807) is 0 Å². The summed E-state index contributed by atoms with van der Waals surface area (Å²) in [5, 5.41) is 12.5. The molecule has 4 rings (SSSR count). The van der Waals surface area contributed by atoms with Crippen LogP contribution in [0.1, 0.15) is 51.4 Å². The lowest BCUT2D eigenvalue weighted by molar-refractivity contribution is -0.158. The van der Waals surface area contributed by atoms with Crippen LogP contribution in [0.15, 0.2) is 0 Å². The molecule has 0 aromatic heterocycles. The quantitative estimate of drug-likeness (QED) is 0.391. The second kappa shape index (κ2) is 8.71. The Labute approximate surface area is 171 Å². The van der Waals surface area contributed by atoms with Gasteiger partial charge in [-0.15, -0.1) is 0 Å². The summed E-state index contributed by atoms with van der Waals surface area (Å²) in [5.74, 6) is -2.09. The van der Waals surface area contributed by atoms with Gasteiger partial charge in [0, 0.05) is 0 Å². The first-order valence-electron chi connectivity index (χ1n) is 11.2. The monoisotopic (exact) mass is 404 g/mol. The van der Waals surface area contributed by atoms with Crippen molar-refractivity contribution in [1.82, 2.24) is 21.3 Å². The lowest BCUT2D eigenvalue weighted by Crippen LogP contribution is -2.66. The van der Waals surface area contributed by atoms with Crippen molar-refractivity contribution in [2.75, 3.05) is 26.2 Å². The van der Waals surface area contributed by atoms with Crippen LogP contribution < -0.4 is 21.3 Å². The van der Waals surface area contributed by atoms with Crippen molar-refractivity contribution in [3.63, 3.8) is 0 Å². The molecule has 4 atom stereocenters. The molecule has 0 spiro atoms. The SMILES string of the molecule is O=C([C@@H]1CCCN1)C(C(=O)[C@@H]1CCCN1)(C(=O)[C@@H]1CCCN1)C(=O)[C@@H]1CCCN1. The maximum absolute atomic E-state index is 13.9. The topological polar surface area (TPSA) is 116 Å². The molecule has 0 bridgehead atoms. The normalized spacial score (nSPS) is 32.6. The van der Waals surface area contributed by atoms with Gasteiger partial charge in [-0.1, -0.05) is 0 Å². The first-order chi connectivity index (χ1) is 14.1. The van der Waals surface area contributed by atoms with Crippen molar-refractivity contribution in [3.8, 4) is 0 Å². The molecule has 8 heteroatoms. The van der Waals surface area contributed by atoms with Gasteiger partial charge < -0.3 is 21.3 Å². The molecule has 4 fully saturated rings. The number of carbonyl (C=O) groups is 4. The second-order valence-electron chi connectivity index (χ2n) is 8.80. The molecule has 4 aliphatic rings. The van der Waals surface area contributed by atoms with Crippen LogP contribution in [-0.2, 0) is 19.2 Å². The summed E-state index contributed by atoms with van der Waals surface area (Å²) >= 11 is 0. The molecule has 0 unspecified atom stereocenters. The predicted molar refractivity (Wildman–Crippen MR) is 107 cm³/mol. The maximum atomic E-state index is 13.9. The molecule has 0 aliphatic carbocycles. The summed E-state index contributed by atoms with van der Waals surface area (Å²) in [5.41, 5.74) is -2.21. The molecule has 29 heavy (non-hydrogen) atoms. The van der Waals surface area contributed by atoms with Crippen LogP contribution in [0.5, 0.6) is 0 Å². The third-order valence-corrected chi connectivity index (χ3v) is 6.99. The summed E-state index contributed by atoms with van der Waals surface area (Å²) in [7, 11) is 0. The van der Waals surface area contributed by atoms with Crippen LogP contribution in [0.25, 0.3) is 0 Å². The van der Waals surface area contributed by atoms with E-state index in [1.807, 2.05) is 0 Å². The smallest absolute Gasteiger partial charge is 0.209 e. The van der Waals surface area contributed by atoms with Gasteiger partial charge in [0.25, 0.3) is 0 Å². The zero-order valence-corrected chi connectivity index (χ0v) is 16.9.